The van der Waals surface area contributed by atoms with E-state index in [-0.39, 0.29) is 0 Å². The first-order valence-corrected chi connectivity index (χ1v) is 5.82. The fourth-order valence-electron chi connectivity index (χ4n) is 2.00. The van der Waals surface area contributed by atoms with Crippen LogP contribution in [0.5, 0.6) is 0 Å². The zero-order chi connectivity index (χ0) is 11.5. The van der Waals surface area contributed by atoms with Gasteiger partial charge in [-0.1, -0.05) is 13.5 Å². The van der Waals surface area contributed by atoms with E-state index >= 15 is 0 Å². The van der Waals surface area contributed by atoms with Crippen molar-refractivity contribution in [1.29, 1.82) is 0 Å². The number of nitrogens with two attached hydrogens (primary N) is 1. The molecule has 1 aliphatic rings. The van der Waals surface area contributed by atoms with Gasteiger partial charge in [0, 0.05) is 30.5 Å². The summed E-state index contributed by atoms with van der Waals surface area (Å²) in [6.07, 6.45) is 4.32. The molecule has 1 fully saturated rings. The first-order chi connectivity index (χ1) is 7.66. The van der Waals surface area contributed by atoms with Gasteiger partial charge in [-0.25, -0.2) is 4.98 Å². The number of aromatic nitrogens is 1. The van der Waals surface area contributed by atoms with Gasteiger partial charge in [0.05, 0.1) is 0 Å². The number of rotatable bonds is 2. The lowest BCUT2D eigenvalue weighted by Gasteiger charge is -2.31. The quantitative estimate of drug-likeness (QED) is 0.826. The van der Waals surface area contributed by atoms with E-state index in [1.165, 1.54) is 12.8 Å². The molecule has 0 spiro atoms. The summed E-state index contributed by atoms with van der Waals surface area (Å²) < 4.78 is 0. The highest BCUT2D eigenvalue weighted by Gasteiger charge is 2.16. The zero-order valence-electron chi connectivity index (χ0n) is 9.82. The van der Waals surface area contributed by atoms with Crippen molar-refractivity contribution in [2.45, 2.75) is 19.8 Å². The molecule has 0 amide bonds. The van der Waals surface area contributed by atoms with Crippen LogP contribution < -0.4 is 10.6 Å². The van der Waals surface area contributed by atoms with Crippen molar-refractivity contribution in [2.24, 2.45) is 11.7 Å². The third-order valence-corrected chi connectivity index (χ3v) is 3.23. The Hall–Kier alpha value is -1.51. The van der Waals surface area contributed by atoms with Gasteiger partial charge in [0.15, 0.2) is 0 Å². The molecule has 0 bridgehead atoms. The second-order valence-corrected chi connectivity index (χ2v) is 4.60. The van der Waals surface area contributed by atoms with E-state index in [1.54, 1.807) is 6.20 Å². The molecule has 1 aromatic heterocycles. The van der Waals surface area contributed by atoms with Crippen molar-refractivity contribution in [2.75, 3.05) is 18.0 Å². The molecule has 3 heteroatoms. The maximum Gasteiger partial charge on any atom is 0.128 e. The molecule has 0 radical (unpaired) electrons. The van der Waals surface area contributed by atoms with E-state index in [2.05, 4.69) is 23.4 Å². The number of pyridine rings is 1. The maximum absolute atomic E-state index is 5.61. The summed E-state index contributed by atoms with van der Waals surface area (Å²) >= 11 is 0. The predicted molar refractivity (Wildman–Crippen MR) is 68.1 cm³/mol. The van der Waals surface area contributed by atoms with Crippen LogP contribution in [0, 0.1) is 5.92 Å². The van der Waals surface area contributed by atoms with Crippen LogP contribution >= 0.6 is 0 Å². The van der Waals surface area contributed by atoms with Gasteiger partial charge in [-0.2, -0.15) is 0 Å². The van der Waals surface area contributed by atoms with Crippen molar-refractivity contribution in [3.05, 3.63) is 30.5 Å². The third kappa shape index (κ3) is 2.35. The zero-order valence-corrected chi connectivity index (χ0v) is 9.82. The molecule has 0 aliphatic carbocycles. The number of nitrogens with zero attached hydrogens (tertiary/aromatic N) is 2. The third-order valence-electron chi connectivity index (χ3n) is 3.23. The Bertz CT molecular complexity index is 361. The molecule has 0 atom stereocenters. The van der Waals surface area contributed by atoms with Gasteiger partial charge in [0.25, 0.3) is 0 Å². The smallest absolute Gasteiger partial charge is 0.128 e. The molecule has 16 heavy (non-hydrogen) atoms. The van der Waals surface area contributed by atoms with E-state index in [9.17, 15) is 0 Å². The molecule has 1 aromatic rings. The Morgan fingerprint density at radius 1 is 1.44 bits per heavy atom. The van der Waals surface area contributed by atoms with Gasteiger partial charge in [0.2, 0.25) is 0 Å². The van der Waals surface area contributed by atoms with Crippen molar-refractivity contribution < 1.29 is 0 Å². The molecular formula is C13H19N3. The normalized spacial score (nSPS) is 17.4. The van der Waals surface area contributed by atoms with Crippen molar-refractivity contribution >= 4 is 11.5 Å². The molecule has 1 saturated heterocycles. The topological polar surface area (TPSA) is 42.1 Å². The molecule has 2 rings (SSSR count). The minimum Gasteiger partial charge on any atom is -0.399 e. The summed E-state index contributed by atoms with van der Waals surface area (Å²) in [4.78, 5) is 6.77. The lowest BCUT2D eigenvalue weighted by molar-refractivity contribution is 0.436. The van der Waals surface area contributed by atoms with E-state index < -0.39 is 0 Å². The fourth-order valence-corrected chi connectivity index (χ4v) is 2.00. The van der Waals surface area contributed by atoms with Crippen LogP contribution in [0.4, 0.5) is 5.82 Å². The van der Waals surface area contributed by atoms with Crippen LogP contribution in [0.25, 0.3) is 5.70 Å². The monoisotopic (exact) mass is 217 g/mol. The van der Waals surface area contributed by atoms with E-state index in [4.69, 9.17) is 5.73 Å². The van der Waals surface area contributed by atoms with Gasteiger partial charge in [-0.05, 0) is 30.9 Å². The summed E-state index contributed by atoms with van der Waals surface area (Å²) in [6, 6.07) is 4.02. The van der Waals surface area contributed by atoms with Crippen LogP contribution in [-0.2, 0) is 0 Å². The van der Waals surface area contributed by atoms with Crippen molar-refractivity contribution in [3.63, 3.8) is 0 Å². The Morgan fingerprint density at radius 2 is 2.12 bits per heavy atom. The Morgan fingerprint density at radius 3 is 2.62 bits per heavy atom. The average Bonchev–Trinajstić information content (AvgIpc) is 2.30. The molecule has 0 saturated carbocycles. The minimum atomic E-state index is 0.575. The molecule has 1 aliphatic heterocycles. The SMILES string of the molecule is C=C(N)c1ccc(N2CCC(C)CC2)nc1. The molecular weight excluding hydrogens is 198 g/mol. The van der Waals surface area contributed by atoms with Crippen LogP contribution in [0.2, 0.25) is 0 Å². The van der Waals surface area contributed by atoms with E-state index in [1.807, 2.05) is 12.1 Å². The predicted octanol–water partition coefficient (Wildman–Crippen LogP) is 2.25. The summed E-state index contributed by atoms with van der Waals surface area (Å²) in [5.41, 5.74) is 7.10. The summed E-state index contributed by atoms with van der Waals surface area (Å²) in [5, 5.41) is 0. The highest BCUT2D eigenvalue weighted by Crippen LogP contribution is 2.21. The molecule has 0 aromatic carbocycles. The van der Waals surface area contributed by atoms with Crippen LogP contribution in [0.15, 0.2) is 24.9 Å². The highest BCUT2D eigenvalue weighted by atomic mass is 15.2. The summed E-state index contributed by atoms with van der Waals surface area (Å²) in [5.74, 6) is 1.90. The van der Waals surface area contributed by atoms with Gasteiger partial charge in [-0.15, -0.1) is 0 Å². The van der Waals surface area contributed by atoms with Gasteiger partial charge in [-0.3, -0.25) is 0 Å². The van der Waals surface area contributed by atoms with Gasteiger partial charge < -0.3 is 10.6 Å². The van der Waals surface area contributed by atoms with E-state index in [0.29, 0.717) is 5.70 Å². The Kier molecular flexibility index (Phi) is 3.13. The molecule has 2 N–H and O–H groups in total. The Labute approximate surface area is 97.0 Å². The second kappa shape index (κ2) is 4.56. The molecule has 0 unspecified atom stereocenters. The molecule has 2 heterocycles. The van der Waals surface area contributed by atoms with Crippen molar-refractivity contribution in [1.82, 2.24) is 4.98 Å². The van der Waals surface area contributed by atoms with Crippen molar-refractivity contribution in [3.8, 4) is 0 Å². The number of anilines is 1. The van der Waals surface area contributed by atoms with Gasteiger partial charge >= 0.3 is 0 Å². The summed E-state index contributed by atoms with van der Waals surface area (Å²) in [7, 11) is 0. The maximum atomic E-state index is 5.61. The standard InChI is InChI=1S/C13H19N3/c1-10-5-7-16(8-6-10)13-4-3-12(9-15-13)11(2)14/h3-4,9-10H,2,5-8,14H2,1H3. The van der Waals surface area contributed by atoms with Crippen LogP contribution in [-0.4, -0.2) is 18.1 Å². The van der Waals surface area contributed by atoms with Gasteiger partial charge in [0.1, 0.15) is 5.82 Å². The average molecular weight is 217 g/mol. The number of piperidine rings is 1. The highest BCUT2D eigenvalue weighted by molar-refractivity contribution is 5.60. The first kappa shape index (κ1) is 11.0. The lowest BCUT2D eigenvalue weighted by Crippen LogP contribution is -2.33. The molecule has 86 valence electrons. The number of hydrogen-bond donors (Lipinski definition) is 1. The van der Waals surface area contributed by atoms with Crippen LogP contribution in [0.3, 0.4) is 0 Å². The summed E-state index contributed by atoms with van der Waals surface area (Å²) in [6.45, 7) is 8.23. The fraction of sp³-hybridized carbons (Fsp3) is 0.462. The number of hydrogen-bond acceptors (Lipinski definition) is 3. The minimum absolute atomic E-state index is 0.575. The van der Waals surface area contributed by atoms with Crippen LogP contribution in [0.1, 0.15) is 25.3 Å². The first-order valence-electron chi connectivity index (χ1n) is 5.82. The lowest BCUT2D eigenvalue weighted by atomic mass is 9.99. The largest absolute Gasteiger partial charge is 0.399 e. The second-order valence-electron chi connectivity index (χ2n) is 4.60. The Balaban J connectivity index is 2.07. The molecule has 3 nitrogen and oxygen atoms in total. The van der Waals surface area contributed by atoms with E-state index in [0.717, 1.165) is 30.4 Å².